The molecule has 0 aliphatic rings. The fourth-order valence-electron chi connectivity index (χ4n) is 2.30. The molecule has 0 aliphatic heterocycles. The van der Waals surface area contributed by atoms with Gasteiger partial charge in [-0.15, -0.1) is 0 Å². The normalized spacial score (nSPS) is 10.8. The molecule has 2 aromatic carbocycles. The van der Waals surface area contributed by atoms with E-state index in [0.717, 1.165) is 10.8 Å². The molecule has 0 saturated carbocycles. The predicted molar refractivity (Wildman–Crippen MR) is 81.8 cm³/mol. The summed E-state index contributed by atoms with van der Waals surface area (Å²) >= 11 is 0. The number of hydrogen-bond acceptors (Lipinski definition) is 3. The van der Waals surface area contributed by atoms with Crippen LogP contribution < -0.4 is 5.43 Å². The highest BCUT2D eigenvalue weighted by atomic mass is 16.3. The first-order chi connectivity index (χ1) is 9.63. The smallest absolute Gasteiger partial charge is 0.200 e. The van der Waals surface area contributed by atoms with Crippen molar-refractivity contribution in [1.29, 1.82) is 0 Å². The van der Waals surface area contributed by atoms with Crippen LogP contribution in [0.4, 0.5) is 0 Å². The maximum absolute atomic E-state index is 12.4. The third kappa shape index (κ3) is 1.72. The summed E-state index contributed by atoms with van der Waals surface area (Å²) < 4.78 is 5.69. The Labute approximate surface area is 115 Å². The lowest BCUT2D eigenvalue weighted by atomic mass is 10.0. The highest BCUT2D eigenvalue weighted by Crippen LogP contribution is 2.26. The standard InChI is InChI=1S/C17H12O3/c1-3-13-15(4-2)20-16-9-11-7-12(18)6-5-10(11)8-14(16)17(13)19/h3-9,18H,1-2H2. The summed E-state index contributed by atoms with van der Waals surface area (Å²) in [5, 5.41) is 11.7. The van der Waals surface area contributed by atoms with Gasteiger partial charge in [0, 0.05) is 0 Å². The summed E-state index contributed by atoms with van der Waals surface area (Å²) in [6.07, 6.45) is 2.97. The van der Waals surface area contributed by atoms with E-state index in [2.05, 4.69) is 13.2 Å². The minimum absolute atomic E-state index is 0.133. The van der Waals surface area contributed by atoms with Crippen LogP contribution in [0, 0.1) is 0 Å². The predicted octanol–water partition coefficient (Wildman–Crippen LogP) is 3.94. The number of hydrogen-bond donors (Lipinski definition) is 1. The maximum atomic E-state index is 12.4. The number of benzene rings is 2. The van der Waals surface area contributed by atoms with Gasteiger partial charge in [-0.3, -0.25) is 4.79 Å². The number of aromatic hydroxyl groups is 1. The summed E-state index contributed by atoms with van der Waals surface area (Å²) in [4.78, 5) is 12.4. The second-order valence-electron chi connectivity index (χ2n) is 4.50. The van der Waals surface area contributed by atoms with Crippen molar-refractivity contribution < 1.29 is 9.52 Å². The van der Waals surface area contributed by atoms with Crippen molar-refractivity contribution in [2.75, 3.05) is 0 Å². The van der Waals surface area contributed by atoms with Crippen molar-refractivity contribution in [2.24, 2.45) is 0 Å². The summed E-state index contributed by atoms with van der Waals surface area (Å²) in [5.74, 6) is 0.572. The molecule has 1 N–H and O–H groups in total. The van der Waals surface area contributed by atoms with Gasteiger partial charge in [-0.05, 0) is 41.1 Å². The van der Waals surface area contributed by atoms with Gasteiger partial charge in [0.1, 0.15) is 17.1 Å². The third-order valence-corrected chi connectivity index (χ3v) is 3.29. The fraction of sp³-hybridized carbons (Fsp3) is 0. The molecule has 98 valence electrons. The van der Waals surface area contributed by atoms with Gasteiger partial charge >= 0.3 is 0 Å². The molecule has 0 unspecified atom stereocenters. The molecule has 3 aromatic rings. The average molecular weight is 264 g/mol. The molecule has 0 fully saturated rings. The molecule has 0 aliphatic carbocycles. The highest BCUT2D eigenvalue weighted by Gasteiger charge is 2.11. The topological polar surface area (TPSA) is 50.4 Å². The van der Waals surface area contributed by atoms with E-state index in [-0.39, 0.29) is 11.2 Å². The van der Waals surface area contributed by atoms with Crippen LogP contribution in [0.3, 0.4) is 0 Å². The van der Waals surface area contributed by atoms with Gasteiger partial charge in [-0.2, -0.15) is 0 Å². The van der Waals surface area contributed by atoms with Gasteiger partial charge in [0.15, 0.2) is 0 Å². The number of fused-ring (bicyclic) bond motifs is 2. The minimum atomic E-state index is -0.133. The van der Waals surface area contributed by atoms with E-state index in [9.17, 15) is 9.90 Å². The van der Waals surface area contributed by atoms with Crippen LogP contribution in [0.2, 0.25) is 0 Å². The molecule has 1 heterocycles. The molecule has 0 bridgehead atoms. The van der Waals surface area contributed by atoms with Crippen molar-refractivity contribution in [1.82, 2.24) is 0 Å². The molecule has 3 rings (SSSR count). The van der Waals surface area contributed by atoms with E-state index in [4.69, 9.17) is 4.42 Å². The van der Waals surface area contributed by atoms with Crippen LogP contribution in [-0.4, -0.2) is 5.11 Å². The Balaban J connectivity index is 2.52. The van der Waals surface area contributed by atoms with Gasteiger partial charge in [0.25, 0.3) is 0 Å². The molecule has 0 radical (unpaired) electrons. The van der Waals surface area contributed by atoms with Crippen molar-refractivity contribution in [3.63, 3.8) is 0 Å². The summed E-state index contributed by atoms with van der Waals surface area (Å²) in [6.45, 7) is 7.28. The molecule has 0 spiro atoms. The second kappa shape index (κ2) is 4.38. The van der Waals surface area contributed by atoms with Crippen molar-refractivity contribution >= 4 is 33.9 Å². The van der Waals surface area contributed by atoms with Crippen LogP contribution in [0.5, 0.6) is 5.75 Å². The highest BCUT2D eigenvalue weighted by molar-refractivity contribution is 5.97. The minimum Gasteiger partial charge on any atom is -0.508 e. The van der Waals surface area contributed by atoms with E-state index < -0.39 is 0 Å². The lowest BCUT2D eigenvalue weighted by Gasteiger charge is -2.05. The van der Waals surface area contributed by atoms with Crippen LogP contribution >= 0.6 is 0 Å². The summed E-state index contributed by atoms with van der Waals surface area (Å²) in [7, 11) is 0. The number of phenols is 1. The quantitative estimate of drug-likeness (QED) is 0.713. The van der Waals surface area contributed by atoms with E-state index >= 15 is 0 Å². The number of rotatable bonds is 2. The molecule has 1 aromatic heterocycles. The van der Waals surface area contributed by atoms with Crippen molar-refractivity contribution in [3.05, 3.63) is 65.0 Å². The first kappa shape index (κ1) is 12.2. The van der Waals surface area contributed by atoms with Gasteiger partial charge in [0.2, 0.25) is 5.43 Å². The Morgan fingerprint density at radius 1 is 1.05 bits per heavy atom. The second-order valence-corrected chi connectivity index (χ2v) is 4.50. The Kier molecular flexibility index (Phi) is 2.68. The van der Waals surface area contributed by atoms with E-state index in [1.807, 2.05) is 0 Å². The van der Waals surface area contributed by atoms with E-state index in [1.165, 1.54) is 12.2 Å². The van der Waals surface area contributed by atoms with E-state index in [1.54, 1.807) is 30.3 Å². The molecule has 0 atom stereocenters. The molecular weight excluding hydrogens is 252 g/mol. The van der Waals surface area contributed by atoms with E-state index in [0.29, 0.717) is 22.3 Å². The molecule has 0 saturated heterocycles. The number of phenolic OH excluding ortho intramolecular Hbond substituents is 1. The van der Waals surface area contributed by atoms with Crippen LogP contribution in [0.1, 0.15) is 11.3 Å². The summed E-state index contributed by atoms with van der Waals surface area (Å²) in [6, 6.07) is 8.48. The lowest BCUT2D eigenvalue weighted by Crippen LogP contribution is -2.07. The molecule has 3 heteroatoms. The first-order valence-corrected chi connectivity index (χ1v) is 6.12. The zero-order chi connectivity index (χ0) is 14.3. The average Bonchev–Trinajstić information content (AvgIpc) is 2.45. The zero-order valence-electron chi connectivity index (χ0n) is 10.7. The van der Waals surface area contributed by atoms with Gasteiger partial charge in [-0.1, -0.05) is 25.3 Å². The van der Waals surface area contributed by atoms with Crippen molar-refractivity contribution in [3.8, 4) is 5.75 Å². The van der Waals surface area contributed by atoms with Gasteiger partial charge < -0.3 is 9.52 Å². The Bertz CT molecular complexity index is 917. The third-order valence-electron chi connectivity index (χ3n) is 3.29. The zero-order valence-corrected chi connectivity index (χ0v) is 10.7. The van der Waals surface area contributed by atoms with Crippen molar-refractivity contribution in [2.45, 2.75) is 0 Å². The van der Waals surface area contributed by atoms with Crippen LogP contribution in [0.15, 0.2) is 52.7 Å². The fourth-order valence-corrected chi connectivity index (χ4v) is 2.30. The van der Waals surface area contributed by atoms with Crippen LogP contribution in [0.25, 0.3) is 33.9 Å². The first-order valence-electron chi connectivity index (χ1n) is 6.12. The SMILES string of the molecule is C=Cc1oc2cc3cc(O)ccc3cc2c(=O)c1C=C. The van der Waals surface area contributed by atoms with Gasteiger partial charge in [-0.25, -0.2) is 0 Å². The Hall–Kier alpha value is -2.81. The largest absolute Gasteiger partial charge is 0.508 e. The molecule has 3 nitrogen and oxygen atoms in total. The monoisotopic (exact) mass is 264 g/mol. The molecule has 0 amide bonds. The Morgan fingerprint density at radius 2 is 1.85 bits per heavy atom. The Morgan fingerprint density at radius 3 is 2.55 bits per heavy atom. The molecule has 20 heavy (non-hydrogen) atoms. The lowest BCUT2D eigenvalue weighted by molar-refractivity contribution is 0.476. The molecular formula is C17H12O3. The van der Waals surface area contributed by atoms with Crippen LogP contribution in [-0.2, 0) is 0 Å². The van der Waals surface area contributed by atoms with Gasteiger partial charge in [0.05, 0.1) is 10.9 Å². The summed E-state index contributed by atoms with van der Waals surface area (Å²) in [5.41, 5.74) is 0.741. The maximum Gasteiger partial charge on any atom is 0.200 e.